The van der Waals surface area contributed by atoms with Crippen molar-refractivity contribution in [2.75, 3.05) is 5.88 Å². The SMILES string of the molecule is Cc1ccc(-c2csc3nc(CCCCl)[nH]c(=O)c23)cc1. The molecule has 0 aliphatic heterocycles. The summed E-state index contributed by atoms with van der Waals surface area (Å²) in [5.74, 6) is 1.28. The fourth-order valence-electron chi connectivity index (χ4n) is 2.29. The van der Waals surface area contributed by atoms with Crippen LogP contribution in [0, 0.1) is 6.92 Å². The monoisotopic (exact) mass is 318 g/mol. The minimum atomic E-state index is -0.0682. The van der Waals surface area contributed by atoms with E-state index in [9.17, 15) is 4.79 Å². The molecule has 3 rings (SSSR count). The summed E-state index contributed by atoms with van der Waals surface area (Å²) in [6, 6.07) is 8.18. The maximum absolute atomic E-state index is 12.4. The van der Waals surface area contributed by atoms with E-state index in [1.54, 1.807) is 0 Å². The predicted molar refractivity (Wildman–Crippen MR) is 89.5 cm³/mol. The van der Waals surface area contributed by atoms with Gasteiger partial charge in [-0.05, 0) is 18.9 Å². The molecule has 0 fully saturated rings. The van der Waals surface area contributed by atoms with Crippen LogP contribution in [-0.2, 0) is 6.42 Å². The molecule has 0 saturated carbocycles. The number of thiophene rings is 1. The summed E-state index contributed by atoms with van der Waals surface area (Å²) in [6.07, 6.45) is 1.51. The van der Waals surface area contributed by atoms with Crippen LogP contribution in [0.3, 0.4) is 0 Å². The summed E-state index contributed by atoms with van der Waals surface area (Å²) in [5, 5.41) is 2.68. The quantitative estimate of drug-likeness (QED) is 0.735. The molecule has 3 nitrogen and oxygen atoms in total. The first-order valence-corrected chi connectivity index (χ1v) is 8.24. The van der Waals surface area contributed by atoms with Crippen LogP contribution >= 0.6 is 22.9 Å². The molecule has 0 unspecified atom stereocenters. The highest BCUT2D eigenvalue weighted by molar-refractivity contribution is 7.17. The molecule has 2 heterocycles. The van der Waals surface area contributed by atoms with E-state index in [4.69, 9.17) is 11.6 Å². The van der Waals surface area contributed by atoms with Crippen molar-refractivity contribution in [1.82, 2.24) is 9.97 Å². The van der Waals surface area contributed by atoms with Gasteiger partial charge < -0.3 is 4.98 Å². The first-order chi connectivity index (χ1) is 10.2. The second kappa shape index (κ2) is 6.00. The topological polar surface area (TPSA) is 45.8 Å². The van der Waals surface area contributed by atoms with Gasteiger partial charge >= 0.3 is 0 Å². The molecule has 1 N–H and O–H groups in total. The van der Waals surface area contributed by atoms with E-state index < -0.39 is 0 Å². The Bertz CT molecular complexity index is 820. The number of nitrogens with zero attached hydrogens (tertiary/aromatic N) is 1. The number of halogens is 1. The Kier molecular flexibility index (Phi) is 4.08. The molecule has 108 valence electrons. The first kappa shape index (κ1) is 14.3. The van der Waals surface area contributed by atoms with E-state index in [1.807, 2.05) is 24.4 Å². The van der Waals surface area contributed by atoms with Gasteiger partial charge in [0.25, 0.3) is 5.56 Å². The van der Waals surface area contributed by atoms with E-state index in [0.29, 0.717) is 23.5 Å². The Balaban J connectivity index is 2.10. The van der Waals surface area contributed by atoms with Gasteiger partial charge in [0.1, 0.15) is 10.7 Å². The molecule has 0 saturated heterocycles. The number of aromatic nitrogens is 2. The lowest BCUT2D eigenvalue weighted by Gasteiger charge is -2.02. The van der Waals surface area contributed by atoms with Crippen molar-refractivity contribution in [2.45, 2.75) is 19.8 Å². The molecular weight excluding hydrogens is 304 g/mol. The number of benzene rings is 1. The fourth-order valence-corrected chi connectivity index (χ4v) is 3.39. The summed E-state index contributed by atoms with van der Waals surface area (Å²) in [4.78, 5) is 20.6. The van der Waals surface area contributed by atoms with Gasteiger partial charge in [0, 0.05) is 23.2 Å². The number of hydrogen-bond donors (Lipinski definition) is 1. The molecule has 0 aliphatic rings. The van der Waals surface area contributed by atoms with Crippen LogP contribution in [0.1, 0.15) is 17.8 Å². The van der Waals surface area contributed by atoms with Crippen LogP contribution in [-0.4, -0.2) is 15.8 Å². The molecule has 0 radical (unpaired) electrons. The van der Waals surface area contributed by atoms with E-state index in [0.717, 1.165) is 22.4 Å². The van der Waals surface area contributed by atoms with Gasteiger partial charge in [-0.2, -0.15) is 0 Å². The highest BCUT2D eigenvalue weighted by atomic mass is 35.5. The van der Waals surface area contributed by atoms with Gasteiger partial charge in [0.05, 0.1) is 5.39 Å². The second-order valence-corrected chi connectivity index (χ2v) is 6.24. The van der Waals surface area contributed by atoms with Crippen molar-refractivity contribution in [1.29, 1.82) is 0 Å². The van der Waals surface area contributed by atoms with Crippen molar-refractivity contribution in [3.63, 3.8) is 0 Å². The van der Waals surface area contributed by atoms with Crippen molar-refractivity contribution in [3.8, 4) is 11.1 Å². The number of alkyl halides is 1. The Labute approximate surface area is 131 Å². The minimum Gasteiger partial charge on any atom is -0.310 e. The van der Waals surface area contributed by atoms with Gasteiger partial charge in [-0.25, -0.2) is 4.98 Å². The average molecular weight is 319 g/mol. The third-order valence-corrected chi connectivity index (χ3v) is 4.54. The van der Waals surface area contributed by atoms with Crippen LogP contribution in [0.15, 0.2) is 34.4 Å². The summed E-state index contributed by atoms with van der Waals surface area (Å²) in [6.45, 7) is 2.05. The lowest BCUT2D eigenvalue weighted by Crippen LogP contribution is -2.11. The largest absolute Gasteiger partial charge is 0.310 e. The molecule has 21 heavy (non-hydrogen) atoms. The second-order valence-electron chi connectivity index (χ2n) is 5.00. The van der Waals surface area contributed by atoms with E-state index in [-0.39, 0.29) is 5.56 Å². The summed E-state index contributed by atoms with van der Waals surface area (Å²) in [7, 11) is 0. The average Bonchev–Trinajstić information content (AvgIpc) is 2.90. The highest BCUT2D eigenvalue weighted by Gasteiger charge is 2.12. The molecule has 0 bridgehead atoms. The molecule has 5 heteroatoms. The van der Waals surface area contributed by atoms with Gasteiger partial charge in [-0.1, -0.05) is 29.8 Å². The maximum Gasteiger partial charge on any atom is 0.260 e. The van der Waals surface area contributed by atoms with Crippen LogP contribution < -0.4 is 5.56 Å². The molecule has 0 atom stereocenters. The molecule has 0 amide bonds. The summed E-state index contributed by atoms with van der Waals surface area (Å²) >= 11 is 7.20. The Morgan fingerprint density at radius 1 is 1.29 bits per heavy atom. The highest BCUT2D eigenvalue weighted by Crippen LogP contribution is 2.30. The number of rotatable bonds is 4. The lowest BCUT2D eigenvalue weighted by molar-refractivity contribution is 0.843. The number of nitrogens with one attached hydrogen (secondary N) is 1. The van der Waals surface area contributed by atoms with Crippen molar-refractivity contribution >= 4 is 33.2 Å². The van der Waals surface area contributed by atoms with Crippen molar-refractivity contribution in [3.05, 3.63) is 51.4 Å². The predicted octanol–water partition coefficient (Wildman–Crippen LogP) is 4.13. The van der Waals surface area contributed by atoms with Crippen LogP contribution in [0.25, 0.3) is 21.3 Å². The number of aryl methyl sites for hydroxylation is 2. The number of hydrogen-bond acceptors (Lipinski definition) is 3. The summed E-state index contributed by atoms with van der Waals surface area (Å²) in [5.41, 5.74) is 3.13. The molecule has 2 aromatic heterocycles. The van der Waals surface area contributed by atoms with Gasteiger partial charge in [-0.15, -0.1) is 22.9 Å². The zero-order valence-corrected chi connectivity index (χ0v) is 13.2. The fraction of sp³-hybridized carbons (Fsp3) is 0.250. The standard InChI is InChI=1S/C16H15ClN2OS/c1-10-4-6-11(7-5-10)12-9-21-16-14(12)15(20)18-13(19-16)3-2-8-17/h4-7,9H,2-3,8H2,1H3,(H,18,19,20). The van der Waals surface area contributed by atoms with Gasteiger partial charge in [0.15, 0.2) is 0 Å². The van der Waals surface area contributed by atoms with Crippen LogP contribution in [0.5, 0.6) is 0 Å². The minimum absolute atomic E-state index is 0.0682. The number of aromatic amines is 1. The zero-order chi connectivity index (χ0) is 14.8. The van der Waals surface area contributed by atoms with E-state index in [1.165, 1.54) is 16.9 Å². The van der Waals surface area contributed by atoms with Gasteiger partial charge in [0.2, 0.25) is 0 Å². The molecule has 0 spiro atoms. The van der Waals surface area contributed by atoms with Crippen molar-refractivity contribution in [2.24, 2.45) is 0 Å². The number of fused-ring (bicyclic) bond motifs is 1. The van der Waals surface area contributed by atoms with E-state index in [2.05, 4.69) is 22.1 Å². The zero-order valence-electron chi connectivity index (χ0n) is 11.6. The van der Waals surface area contributed by atoms with Crippen molar-refractivity contribution < 1.29 is 0 Å². The van der Waals surface area contributed by atoms with E-state index >= 15 is 0 Å². The Hall–Kier alpha value is -1.65. The molecule has 3 aromatic rings. The Morgan fingerprint density at radius 3 is 2.76 bits per heavy atom. The maximum atomic E-state index is 12.4. The van der Waals surface area contributed by atoms with Crippen LogP contribution in [0.4, 0.5) is 0 Å². The normalized spacial score (nSPS) is 11.1. The molecule has 1 aromatic carbocycles. The summed E-state index contributed by atoms with van der Waals surface area (Å²) < 4.78 is 0. The van der Waals surface area contributed by atoms with Gasteiger partial charge in [-0.3, -0.25) is 4.79 Å². The Morgan fingerprint density at radius 2 is 2.05 bits per heavy atom. The molecular formula is C16H15ClN2OS. The van der Waals surface area contributed by atoms with Crippen LogP contribution in [0.2, 0.25) is 0 Å². The number of H-pyrrole nitrogens is 1. The first-order valence-electron chi connectivity index (χ1n) is 6.82. The third kappa shape index (κ3) is 2.87. The molecule has 0 aliphatic carbocycles. The smallest absolute Gasteiger partial charge is 0.260 e. The third-order valence-electron chi connectivity index (χ3n) is 3.40. The lowest BCUT2D eigenvalue weighted by atomic mass is 10.1.